The van der Waals surface area contributed by atoms with E-state index in [1.165, 1.54) is 32.0 Å². The number of nitrogens with one attached hydrogen (secondary N) is 1. The van der Waals surface area contributed by atoms with Crippen LogP contribution in [0.15, 0.2) is 60.4 Å². The lowest BCUT2D eigenvalue weighted by Gasteiger charge is -2.27. The van der Waals surface area contributed by atoms with Gasteiger partial charge in [-0.1, -0.05) is 30.7 Å². The maximum Gasteiger partial charge on any atom is 0.553 e. The lowest BCUT2D eigenvalue weighted by atomic mass is 9.91. The van der Waals surface area contributed by atoms with Gasteiger partial charge in [0.1, 0.15) is 11.5 Å². The minimum Gasteiger partial charge on any atom is -0.329 e. The van der Waals surface area contributed by atoms with E-state index in [0.717, 1.165) is 65.7 Å². The molecule has 1 aromatic carbocycles. The van der Waals surface area contributed by atoms with Gasteiger partial charge in [0.2, 0.25) is 5.91 Å². The van der Waals surface area contributed by atoms with E-state index in [9.17, 15) is 4.79 Å². The highest BCUT2D eigenvalue weighted by atomic mass is 16.1. The van der Waals surface area contributed by atoms with Crippen molar-refractivity contribution in [3.05, 3.63) is 77.4 Å². The summed E-state index contributed by atoms with van der Waals surface area (Å²) in [5, 5.41) is 11.7. The van der Waals surface area contributed by atoms with E-state index in [2.05, 4.69) is 80.4 Å². The number of nitrogens with zero attached hydrogens (tertiary/aromatic N) is 6. The van der Waals surface area contributed by atoms with Crippen LogP contribution < -0.4 is 5.32 Å². The molecule has 0 unspecified atom stereocenters. The zero-order valence-corrected chi connectivity index (χ0v) is 20.8. The molecule has 0 aliphatic carbocycles. The predicted octanol–water partition coefficient (Wildman–Crippen LogP) is 3.60. The normalized spacial score (nSPS) is 16.8. The van der Waals surface area contributed by atoms with E-state index >= 15 is 0 Å². The average Bonchev–Trinajstić information content (AvgIpc) is 3.62. The topological polar surface area (TPSA) is 71.0 Å². The second-order valence-corrected chi connectivity index (χ2v) is 9.59. The highest BCUT2D eigenvalue weighted by Gasteiger charge is 2.40. The summed E-state index contributed by atoms with van der Waals surface area (Å²) in [6.45, 7) is 5.83. The molecule has 0 spiro atoms. The summed E-state index contributed by atoms with van der Waals surface area (Å²) >= 11 is 0. The third kappa shape index (κ3) is 3.98. The lowest BCUT2D eigenvalue weighted by Crippen LogP contribution is -2.43. The Morgan fingerprint density at radius 2 is 1.89 bits per heavy atom. The van der Waals surface area contributed by atoms with E-state index in [1.807, 2.05) is 23.0 Å². The van der Waals surface area contributed by atoms with E-state index in [-0.39, 0.29) is 5.91 Å². The Morgan fingerprint density at radius 1 is 1.08 bits per heavy atom. The Kier molecular flexibility index (Phi) is 5.83. The second kappa shape index (κ2) is 9.30. The third-order valence-corrected chi connectivity index (χ3v) is 6.99. The number of carbonyl (C=O) groups is 1. The summed E-state index contributed by atoms with van der Waals surface area (Å²) in [6.07, 6.45) is 12.2. The van der Waals surface area contributed by atoms with E-state index < -0.39 is 0 Å². The van der Waals surface area contributed by atoms with Crippen LogP contribution in [0.3, 0.4) is 0 Å². The van der Waals surface area contributed by atoms with Gasteiger partial charge in [0, 0.05) is 30.0 Å². The number of aryl methyl sites for hydroxylation is 1. The van der Waals surface area contributed by atoms with Crippen LogP contribution >= 0.6 is 0 Å². The number of benzene rings is 1. The molecule has 181 valence electrons. The fraction of sp³-hybridized carbons (Fsp3) is 0.333. The summed E-state index contributed by atoms with van der Waals surface area (Å²) in [5.41, 5.74) is 6.29. The van der Waals surface area contributed by atoms with Crippen LogP contribution in [-0.2, 0) is 11.2 Å². The van der Waals surface area contributed by atoms with Gasteiger partial charge >= 0.3 is 7.55 Å². The summed E-state index contributed by atoms with van der Waals surface area (Å²) in [7, 11) is 2.18. The number of carbonyl (C=O) groups excluding carboxylic acids is 1. The summed E-state index contributed by atoms with van der Waals surface area (Å²) in [6, 6.07) is 12.3. The van der Waals surface area contributed by atoms with Gasteiger partial charge in [-0.3, -0.25) is 14.2 Å². The van der Waals surface area contributed by atoms with Gasteiger partial charge in [0.05, 0.1) is 25.0 Å². The van der Waals surface area contributed by atoms with Crippen LogP contribution in [0, 0.1) is 0 Å². The molecular formula is C27H30BN7O+. The number of amides is 1. The van der Waals surface area contributed by atoms with Crippen molar-refractivity contribution in [2.24, 2.45) is 0 Å². The monoisotopic (exact) mass is 479 g/mol. The maximum atomic E-state index is 11.5. The zero-order chi connectivity index (χ0) is 24.6. The van der Waals surface area contributed by atoms with Crippen molar-refractivity contribution in [2.75, 3.05) is 18.4 Å². The molecule has 9 heteroatoms. The number of hydrogen-bond donors (Lipinski definition) is 1. The smallest absolute Gasteiger partial charge is 0.329 e. The number of hydrogen-bond acceptors (Lipinski definition) is 3. The molecule has 2 aromatic heterocycles. The molecule has 3 aliphatic heterocycles. The Bertz CT molecular complexity index is 1400. The highest BCUT2D eigenvalue weighted by molar-refractivity contribution is 6.40. The Hall–Kier alpha value is -3.88. The van der Waals surface area contributed by atoms with Crippen molar-refractivity contribution in [3.8, 4) is 5.82 Å². The molecule has 5 heterocycles. The van der Waals surface area contributed by atoms with Crippen molar-refractivity contribution in [1.29, 1.82) is 0 Å². The lowest BCUT2D eigenvalue weighted by molar-refractivity contribution is -0.539. The number of allylic oxidation sites excluding steroid dienone is 1. The first kappa shape index (κ1) is 22.6. The molecule has 6 rings (SSSR count). The molecule has 3 aliphatic rings. The van der Waals surface area contributed by atoms with E-state index in [1.54, 1.807) is 0 Å². The molecular weight excluding hydrogens is 449 g/mol. The molecule has 0 bridgehead atoms. The molecule has 3 aromatic rings. The molecule has 0 atom stereocenters. The maximum absolute atomic E-state index is 11.5. The third-order valence-electron chi connectivity index (χ3n) is 6.99. The highest BCUT2D eigenvalue weighted by Crippen LogP contribution is 2.37. The minimum atomic E-state index is -0.0727. The van der Waals surface area contributed by atoms with Gasteiger partial charge in [0.25, 0.3) is 5.84 Å². The first-order valence-corrected chi connectivity index (χ1v) is 12.8. The van der Waals surface area contributed by atoms with Gasteiger partial charge in [-0.05, 0) is 61.6 Å². The fourth-order valence-corrected chi connectivity index (χ4v) is 5.34. The summed E-state index contributed by atoms with van der Waals surface area (Å²) < 4.78 is 6.57. The fourth-order valence-electron chi connectivity index (χ4n) is 5.34. The van der Waals surface area contributed by atoms with Gasteiger partial charge in [-0.2, -0.15) is 0 Å². The second-order valence-electron chi connectivity index (χ2n) is 9.59. The largest absolute Gasteiger partial charge is 0.553 e. The number of piperidine rings is 1. The van der Waals surface area contributed by atoms with Crippen LogP contribution in [0.5, 0.6) is 0 Å². The molecule has 1 saturated heterocycles. The van der Waals surface area contributed by atoms with Gasteiger partial charge < -0.3 is 9.79 Å². The molecule has 8 nitrogen and oxygen atoms in total. The van der Waals surface area contributed by atoms with Crippen LogP contribution in [0.4, 0.5) is 5.69 Å². The van der Waals surface area contributed by atoms with Gasteiger partial charge in [-0.15, -0.1) is 5.10 Å². The zero-order valence-electron chi connectivity index (χ0n) is 20.8. The van der Waals surface area contributed by atoms with Crippen LogP contribution in [0.25, 0.3) is 11.4 Å². The van der Waals surface area contributed by atoms with Gasteiger partial charge in [0.15, 0.2) is 0 Å². The van der Waals surface area contributed by atoms with E-state index in [0.29, 0.717) is 0 Å². The molecule has 0 saturated carbocycles. The van der Waals surface area contributed by atoms with Crippen molar-refractivity contribution in [3.63, 3.8) is 0 Å². The average molecular weight is 479 g/mol. The van der Waals surface area contributed by atoms with Crippen LogP contribution in [0.2, 0.25) is 0 Å². The van der Waals surface area contributed by atoms with Crippen molar-refractivity contribution < 1.29 is 9.37 Å². The SMILES string of the molecule is CCCc1cn(-c2ccc3n2[B]N2C(=C3c3ccc(NC(C)=O)cc3)C=CC2=[N+]2CCCCC2)nn1. The molecule has 1 N–H and O–H groups in total. The number of amidine groups is 1. The first-order chi connectivity index (χ1) is 17.6. The summed E-state index contributed by atoms with van der Waals surface area (Å²) in [4.78, 5) is 13.8. The van der Waals surface area contributed by atoms with Crippen molar-refractivity contribution >= 4 is 30.6 Å². The molecule has 36 heavy (non-hydrogen) atoms. The van der Waals surface area contributed by atoms with Crippen molar-refractivity contribution in [2.45, 2.75) is 46.0 Å². The number of anilines is 1. The van der Waals surface area contributed by atoms with Crippen LogP contribution in [-0.4, -0.2) is 61.2 Å². The Labute approximate surface area is 211 Å². The molecule has 1 amide bonds. The first-order valence-electron chi connectivity index (χ1n) is 12.8. The number of rotatable bonds is 5. The predicted molar refractivity (Wildman–Crippen MR) is 141 cm³/mol. The summed E-state index contributed by atoms with van der Waals surface area (Å²) in [5.74, 6) is 2.10. The van der Waals surface area contributed by atoms with Crippen molar-refractivity contribution in [1.82, 2.24) is 24.3 Å². The molecule has 1 radical (unpaired) electrons. The minimum absolute atomic E-state index is 0.0727. The number of aromatic nitrogens is 4. The van der Waals surface area contributed by atoms with Crippen LogP contribution in [0.1, 0.15) is 56.5 Å². The Balaban J connectivity index is 1.47. The standard InChI is InChI=1S/C27H29BN7O/c1-3-7-22-18-33(31-30-22)26-15-13-24-27(20-8-10-21(11-9-20)29-19(2)36)23-12-14-25(34(23)28-35(24)26)32-16-5-4-6-17-32/h8-15,18H,3-7,16-17H2,1-2H3/p+1. The van der Waals surface area contributed by atoms with Gasteiger partial charge in [-0.25, -0.2) is 4.68 Å². The molecule has 1 fully saturated rings. The van der Waals surface area contributed by atoms with E-state index in [4.69, 9.17) is 0 Å². The Morgan fingerprint density at radius 3 is 2.64 bits per heavy atom. The number of fused-ring (bicyclic) bond motifs is 2. The quantitative estimate of drug-likeness (QED) is 0.449.